The number of guanidine groups is 2. The molecule has 13 heavy (non-hydrogen) atoms. The summed E-state index contributed by atoms with van der Waals surface area (Å²) in [6.45, 7) is 3.57. The fourth-order valence-corrected chi connectivity index (χ4v) is 0.609. The Bertz CT molecular complexity index is 240. The predicted molar refractivity (Wildman–Crippen MR) is 53.4 cm³/mol. The van der Waals surface area contributed by atoms with Crippen molar-refractivity contribution in [1.82, 2.24) is 4.90 Å². The first-order valence-electron chi connectivity index (χ1n) is 3.36. The summed E-state index contributed by atoms with van der Waals surface area (Å²) in [5.74, 6) is -0.464. The third-order valence-corrected chi connectivity index (χ3v) is 1.11. The molecule has 0 saturated heterocycles. The number of nitrogens with one attached hydrogen (secondary N) is 1. The molecule has 0 aromatic heterocycles. The van der Waals surface area contributed by atoms with Crippen molar-refractivity contribution in [2.75, 3.05) is 0 Å². The molecule has 0 rings (SSSR count). The lowest BCUT2D eigenvalue weighted by atomic mass is 10.4. The topological polar surface area (TPSA) is 115 Å². The molecule has 7 heteroatoms. The third-order valence-electron chi connectivity index (χ3n) is 1.11. The van der Waals surface area contributed by atoms with Gasteiger partial charge in [-0.05, 0) is 13.8 Å². The molecule has 74 valence electrons. The van der Waals surface area contributed by atoms with Gasteiger partial charge >= 0.3 is 0 Å². The van der Waals surface area contributed by atoms with E-state index in [4.69, 9.17) is 22.1 Å². The predicted octanol–water partition coefficient (Wildman–Crippen LogP) is -0.192. The maximum absolute atomic E-state index is 8.58. The summed E-state index contributed by atoms with van der Waals surface area (Å²) in [6.07, 6.45) is 1.83. The molecule has 5 N–H and O–H groups in total. The molecule has 0 amide bonds. The van der Waals surface area contributed by atoms with E-state index in [-0.39, 0.29) is 24.4 Å². The Labute approximate surface area is 83.1 Å². The molecule has 0 bridgehead atoms. The Balaban J connectivity index is 0. The Morgan fingerprint density at radius 3 is 2.23 bits per heavy atom. The first-order chi connectivity index (χ1) is 5.49. The molecular formula is C6H13ClN6. The van der Waals surface area contributed by atoms with E-state index in [9.17, 15) is 0 Å². The number of nitrogens with two attached hydrogens (primary N) is 2. The van der Waals surface area contributed by atoms with Gasteiger partial charge < -0.3 is 11.5 Å². The highest BCUT2D eigenvalue weighted by Crippen LogP contribution is 1.94. The second-order valence-corrected chi connectivity index (χ2v) is 2.42. The van der Waals surface area contributed by atoms with Crippen molar-refractivity contribution in [3.63, 3.8) is 0 Å². The lowest BCUT2D eigenvalue weighted by Crippen LogP contribution is -2.39. The van der Waals surface area contributed by atoms with E-state index >= 15 is 0 Å². The SMILES string of the molecule is CC(C)N(C#N)/C(N)=N/C(=N)N.Cl. The van der Waals surface area contributed by atoms with E-state index in [1.807, 2.05) is 6.19 Å². The van der Waals surface area contributed by atoms with E-state index in [0.717, 1.165) is 0 Å². The second kappa shape index (κ2) is 6.08. The number of hydrogen-bond acceptors (Lipinski definition) is 2. The quantitative estimate of drug-likeness (QED) is 0.238. The summed E-state index contributed by atoms with van der Waals surface area (Å²) in [6, 6.07) is -0.0851. The van der Waals surface area contributed by atoms with Crippen LogP contribution in [0.15, 0.2) is 4.99 Å². The smallest absolute Gasteiger partial charge is 0.215 e. The lowest BCUT2D eigenvalue weighted by molar-refractivity contribution is 0.470. The van der Waals surface area contributed by atoms with Crippen LogP contribution in [0.1, 0.15) is 13.8 Å². The van der Waals surface area contributed by atoms with Crippen molar-refractivity contribution >= 4 is 24.3 Å². The van der Waals surface area contributed by atoms with Gasteiger partial charge in [-0.15, -0.1) is 12.4 Å². The summed E-state index contributed by atoms with van der Waals surface area (Å²) in [7, 11) is 0. The van der Waals surface area contributed by atoms with E-state index < -0.39 is 5.96 Å². The monoisotopic (exact) mass is 204 g/mol. The van der Waals surface area contributed by atoms with Crippen LogP contribution in [0.4, 0.5) is 0 Å². The van der Waals surface area contributed by atoms with E-state index in [1.54, 1.807) is 13.8 Å². The van der Waals surface area contributed by atoms with Crippen LogP contribution in [-0.2, 0) is 0 Å². The van der Waals surface area contributed by atoms with Gasteiger partial charge in [0.05, 0.1) is 0 Å². The number of nitrogens with zero attached hydrogens (tertiary/aromatic N) is 3. The van der Waals surface area contributed by atoms with Gasteiger partial charge in [-0.1, -0.05) is 0 Å². The van der Waals surface area contributed by atoms with Crippen molar-refractivity contribution < 1.29 is 0 Å². The Morgan fingerprint density at radius 1 is 1.54 bits per heavy atom. The summed E-state index contributed by atoms with van der Waals surface area (Å²) in [5.41, 5.74) is 10.3. The molecule has 6 nitrogen and oxygen atoms in total. The molecular weight excluding hydrogens is 192 g/mol. The first kappa shape index (κ1) is 14.1. The highest BCUT2D eigenvalue weighted by Gasteiger charge is 2.10. The van der Waals surface area contributed by atoms with Crippen LogP contribution in [-0.4, -0.2) is 22.9 Å². The van der Waals surface area contributed by atoms with Crippen LogP contribution in [0.3, 0.4) is 0 Å². The molecule has 0 aliphatic rings. The average Bonchev–Trinajstić information content (AvgIpc) is 1.85. The number of nitriles is 1. The lowest BCUT2D eigenvalue weighted by Gasteiger charge is -2.17. The first-order valence-corrected chi connectivity index (χ1v) is 3.36. The highest BCUT2D eigenvalue weighted by atomic mass is 35.5. The van der Waals surface area contributed by atoms with E-state index in [1.165, 1.54) is 4.90 Å². The minimum absolute atomic E-state index is 0. The Morgan fingerprint density at radius 2 is 2.00 bits per heavy atom. The molecule has 0 saturated carbocycles. The van der Waals surface area contributed by atoms with Gasteiger partial charge in [0, 0.05) is 6.04 Å². The molecule has 0 aliphatic carbocycles. The summed E-state index contributed by atoms with van der Waals surface area (Å²) < 4.78 is 0. The van der Waals surface area contributed by atoms with Gasteiger partial charge in [0.25, 0.3) is 0 Å². The summed E-state index contributed by atoms with van der Waals surface area (Å²) >= 11 is 0. The molecule has 0 aromatic carbocycles. The maximum Gasteiger partial charge on any atom is 0.215 e. The largest absolute Gasteiger partial charge is 0.369 e. The molecule has 0 heterocycles. The summed E-state index contributed by atoms with van der Waals surface area (Å²) in [4.78, 5) is 4.60. The van der Waals surface area contributed by atoms with Crippen LogP contribution in [0.25, 0.3) is 0 Å². The second-order valence-electron chi connectivity index (χ2n) is 2.42. The zero-order chi connectivity index (χ0) is 9.72. The van der Waals surface area contributed by atoms with Crippen molar-refractivity contribution in [3.8, 4) is 6.19 Å². The number of aliphatic imine (C=N–C) groups is 1. The Kier molecular flexibility index (Phi) is 6.58. The molecule has 0 fully saturated rings. The van der Waals surface area contributed by atoms with Crippen molar-refractivity contribution in [1.29, 1.82) is 10.7 Å². The van der Waals surface area contributed by atoms with Gasteiger partial charge in [-0.3, -0.25) is 5.41 Å². The van der Waals surface area contributed by atoms with Crippen molar-refractivity contribution in [2.45, 2.75) is 19.9 Å². The van der Waals surface area contributed by atoms with Gasteiger partial charge in [0.2, 0.25) is 11.9 Å². The van der Waals surface area contributed by atoms with Crippen LogP contribution >= 0.6 is 12.4 Å². The van der Waals surface area contributed by atoms with Crippen LogP contribution in [0.2, 0.25) is 0 Å². The minimum atomic E-state index is -0.409. The van der Waals surface area contributed by atoms with Crippen LogP contribution < -0.4 is 11.5 Å². The molecule has 0 aromatic rings. The van der Waals surface area contributed by atoms with Crippen molar-refractivity contribution in [3.05, 3.63) is 0 Å². The zero-order valence-electron chi connectivity index (χ0n) is 7.48. The molecule has 0 radical (unpaired) electrons. The van der Waals surface area contributed by atoms with Gasteiger partial charge in [0.15, 0.2) is 6.19 Å². The van der Waals surface area contributed by atoms with Gasteiger partial charge in [0.1, 0.15) is 0 Å². The van der Waals surface area contributed by atoms with Crippen molar-refractivity contribution in [2.24, 2.45) is 16.5 Å². The Hall–Kier alpha value is -1.48. The molecule has 0 atom stereocenters. The number of hydrogen-bond donors (Lipinski definition) is 3. The third kappa shape index (κ3) is 4.87. The van der Waals surface area contributed by atoms with Gasteiger partial charge in [-0.2, -0.15) is 10.3 Å². The number of halogens is 1. The van der Waals surface area contributed by atoms with Crippen LogP contribution in [0.5, 0.6) is 0 Å². The molecule has 0 aliphatic heterocycles. The van der Waals surface area contributed by atoms with Crippen LogP contribution in [0, 0.1) is 16.9 Å². The molecule has 0 spiro atoms. The molecule has 0 unspecified atom stereocenters. The number of rotatable bonds is 1. The maximum atomic E-state index is 8.58. The summed E-state index contributed by atoms with van der Waals surface area (Å²) in [5, 5.41) is 15.4. The van der Waals surface area contributed by atoms with E-state index in [2.05, 4.69) is 4.99 Å². The average molecular weight is 205 g/mol. The fraction of sp³-hybridized carbons (Fsp3) is 0.500. The highest BCUT2D eigenvalue weighted by molar-refractivity contribution is 5.92. The van der Waals surface area contributed by atoms with Gasteiger partial charge in [-0.25, -0.2) is 4.90 Å². The standard InChI is InChI=1S/C6H12N6.ClH/c1-4(2)12(3-7)6(10)11-5(8)9;/h4H,1-2H3,(H5,8,9,10,11);1H. The van der Waals surface area contributed by atoms with E-state index in [0.29, 0.717) is 0 Å². The zero-order valence-corrected chi connectivity index (χ0v) is 8.30. The minimum Gasteiger partial charge on any atom is -0.369 e. The fourth-order valence-electron chi connectivity index (χ4n) is 0.609. The normalized spacial score (nSPS) is 10.2.